The highest BCUT2D eigenvalue weighted by Gasteiger charge is 2.56. The molecule has 0 spiro atoms. The molecule has 2 saturated heterocycles. The molecule has 1 aromatic carbocycles. The van der Waals surface area contributed by atoms with Gasteiger partial charge >= 0.3 is 5.97 Å². The number of unbranched alkanes of at least 4 members (excludes halogenated alkanes) is 1. The van der Waals surface area contributed by atoms with Crippen LogP contribution in [0, 0.1) is 0 Å². The maximum Gasteiger partial charge on any atom is 0.320 e. The molecule has 2 fully saturated rings. The van der Waals surface area contributed by atoms with Gasteiger partial charge in [0, 0.05) is 24.8 Å². The van der Waals surface area contributed by atoms with E-state index >= 15 is 0 Å². The van der Waals surface area contributed by atoms with Gasteiger partial charge in [-0.25, -0.2) is 4.90 Å². The van der Waals surface area contributed by atoms with Gasteiger partial charge in [0.2, 0.25) is 5.91 Å². The lowest BCUT2D eigenvalue weighted by Crippen LogP contribution is -2.50. The number of anilines is 1. The molecule has 0 radical (unpaired) electrons. The lowest BCUT2D eigenvalue weighted by Gasteiger charge is -2.45. The highest BCUT2D eigenvalue weighted by Crippen LogP contribution is 2.50. The Labute approximate surface area is 153 Å². The highest BCUT2D eigenvalue weighted by atomic mass is 16.4. The van der Waals surface area contributed by atoms with Crippen molar-refractivity contribution in [3.8, 4) is 0 Å². The molecule has 0 aromatic heterocycles. The number of para-hydroxylation sites is 1. The lowest BCUT2D eigenvalue weighted by atomic mass is 10.0. The fourth-order valence-corrected chi connectivity index (χ4v) is 4.78. The van der Waals surface area contributed by atoms with Gasteiger partial charge in [-0.2, -0.15) is 0 Å². The molecule has 3 aliphatic rings. The summed E-state index contributed by atoms with van der Waals surface area (Å²) in [5.74, 6) is -0.750. The summed E-state index contributed by atoms with van der Waals surface area (Å²) in [5, 5.41) is 8.89. The third-order valence-electron chi connectivity index (χ3n) is 6.07. The molecule has 1 aromatic rings. The molecule has 4 unspecified atom stereocenters. The first-order valence-electron chi connectivity index (χ1n) is 9.38. The molecule has 7 nitrogen and oxygen atoms in total. The molecule has 4 rings (SSSR count). The number of amides is 1. The molecule has 3 heterocycles. The summed E-state index contributed by atoms with van der Waals surface area (Å²) in [6.07, 6.45) is 4.11. The van der Waals surface area contributed by atoms with E-state index in [9.17, 15) is 9.59 Å². The Bertz CT molecular complexity index is 724. The van der Waals surface area contributed by atoms with E-state index in [0.29, 0.717) is 19.4 Å². The second-order valence-electron chi connectivity index (χ2n) is 7.54. The molecule has 0 saturated carbocycles. The Morgan fingerprint density at radius 3 is 2.85 bits per heavy atom. The first kappa shape index (κ1) is 17.3. The average molecular weight is 358 g/mol. The minimum absolute atomic E-state index is 0.000507. The summed E-state index contributed by atoms with van der Waals surface area (Å²) in [5.41, 5.74) is 7.97. The van der Waals surface area contributed by atoms with E-state index in [2.05, 4.69) is 29.0 Å². The molecule has 4 atom stereocenters. The summed E-state index contributed by atoms with van der Waals surface area (Å²) in [6, 6.07) is 7.49. The third kappa shape index (κ3) is 2.57. The first-order chi connectivity index (χ1) is 12.5. The number of nitrogens with zero attached hydrogens (tertiary/aromatic N) is 3. The van der Waals surface area contributed by atoms with Gasteiger partial charge < -0.3 is 20.6 Å². The van der Waals surface area contributed by atoms with Crippen LogP contribution in [-0.2, 0) is 9.59 Å². The predicted octanol–water partition coefficient (Wildman–Crippen LogP) is 1.35. The zero-order valence-corrected chi connectivity index (χ0v) is 15.0. The van der Waals surface area contributed by atoms with Crippen molar-refractivity contribution in [1.82, 2.24) is 9.80 Å². The normalized spacial score (nSPS) is 28.2. The van der Waals surface area contributed by atoms with Crippen LogP contribution in [0.4, 0.5) is 5.69 Å². The Morgan fingerprint density at radius 2 is 2.08 bits per heavy atom. The Morgan fingerprint density at radius 1 is 1.31 bits per heavy atom. The van der Waals surface area contributed by atoms with Gasteiger partial charge in [0.25, 0.3) is 0 Å². The molecule has 0 aliphatic carbocycles. The van der Waals surface area contributed by atoms with Gasteiger partial charge in [0.05, 0.1) is 12.2 Å². The summed E-state index contributed by atoms with van der Waals surface area (Å²) in [4.78, 5) is 30.5. The topological polar surface area (TPSA) is 90.1 Å². The van der Waals surface area contributed by atoms with E-state index < -0.39 is 12.0 Å². The number of carbonyl (C=O) groups is 2. The summed E-state index contributed by atoms with van der Waals surface area (Å²) in [7, 11) is 2.11. The smallest absolute Gasteiger partial charge is 0.320 e. The minimum atomic E-state index is -0.963. The molecular weight excluding hydrogens is 332 g/mol. The summed E-state index contributed by atoms with van der Waals surface area (Å²) in [6.45, 7) is 0.646. The number of carbonyl (C=O) groups excluding carboxylic acids is 1. The van der Waals surface area contributed by atoms with Crippen LogP contribution in [0.3, 0.4) is 0 Å². The van der Waals surface area contributed by atoms with E-state index in [0.717, 1.165) is 19.3 Å². The van der Waals surface area contributed by atoms with E-state index in [1.54, 1.807) is 0 Å². The largest absolute Gasteiger partial charge is 0.480 e. The van der Waals surface area contributed by atoms with E-state index in [4.69, 9.17) is 10.8 Å². The molecule has 26 heavy (non-hydrogen) atoms. The molecule has 3 N–H and O–H groups in total. The number of fused-ring (bicyclic) bond motifs is 2. The van der Waals surface area contributed by atoms with Crippen LogP contribution in [0.25, 0.3) is 0 Å². The van der Waals surface area contributed by atoms with E-state index in [1.807, 2.05) is 17.0 Å². The van der Waals surface area contributed by atoms with Gasteiger partial charge in [-0.05, 0) is 38.2 Å². The van der Waals surface area contributed by atoms with Gasteiger partial charge in [-0.15, -0.1) is 0 Å². The molecule has 0 bridgehead atoms. The number of carboxylic acid groups (broad SMARTS) is 1. The minimum Gasteiger partial charge on any atom is -0.480 e. The van der Waals surface area contributed by atoms with Gasteiger partial charge in [0.15, 0.2) is 0 Å². The van der Waals surface area contributed by atoms with Crippen molar-refractivity contribution in [3.63, 3.8) is 0 Å². The lowest BCUT2D eigenvalue weighted by molar-refractivity contribution is -0.138. The zero-order chi connectivity index (χ0) is 18.4. The zero-order valence-electron chi connectivity index (χ0n) is 15.0. The van der Waals surface area contributed by atoms with Gasteiger partial charge in [0.1, 0.15) is 12.2 Å². The number of aliphatic carboxylic acids is 1. The molecule has 3 aliphatic heterocycles. The van der Waals surface area contributed by atoms with Crippen LogP contribution in [0.15, 0.2) is 24.3 Å². The Kier molecular flexibility index (Phi) is 4.36. The molecule has 7 heteroatoms. The number of carboxylic acids is 1. The summed E-state index contributed by atoms with van der Waals surface area (Å²) >= 11 is 0. The Balaban J connectivity index is 1.53. The van der Waals surface area contributed by atoms with E-state index in [-0.39, 0.29) is 24.3 Å². The number of rotatable bonds is 6. The average Bonchev–Trinajstić information content (AvgIpc) is 3.18. The molecule has 1 amide bonds. The fraction of sp³-hybridized carbons (Fsp3) is 0.579. The number of benzene rings is 1. The first-order valence-corrected chi connectivity index (χ1v) is 9.38. The van der Waals surface area contributed by atoms with Crippen LogP contribution in [-0.4, -0.2) is 58.6 Å². The number of hydrogen-bond donors (Lipinski definition) is 2. The van der Waals surface area contributed by atoms with Crippen LogP contribution in [0.2, 0.25) is 0 Å². The van der Waals surface area contributed by atoms with Crippen molar-refractivity contribution >= 4 is 17.6 Å². The maximum absolute atomic E-state index is 13.0. The van der Waals surface area contributed by atoms with Gasteiger partial charge in [-0.3, -0.25) is 9.59 Å². The van der Waals surface area contributed by atoms with Crippen LogP contribution >= 0.6 is 0 Å². The molecule has 140 valence electrons. The SMILES string of the molecule is CN1c2ccccc2C2N(CCCCC(N)C(=O)O)C(=O)C3CCC1N32. The maximum atomic E-state index is 13.0. The van der Waals surface area contributed by atoms with Crippen LogP contribution < -0.4 is 10.6 Å². The number of hydrogen-bond acceptors (Lipinski definition) is 5. The monoisotopic (exact) mass is 358 g/mol. The van der Waals surface area contributed by atoms with Crippen LogP contribution in [0.1, 0.15) is 43.8 Å². The van der Waals surface area contributed by atoms with Crippen LogP contribution in [0.5, 0.6) is 0 Å². The van der Waals surface area contributed by atoms with Crippen molar-refractivity contribution in [3.05, 3.63) is 29.8 Å². The van der Waals surface area contributed by atoms with Gasteiger partial charge in [-0.1, -0.05) is 18.2 Å². The van der Waals surface area contributed by atoms with Crippen molar-refractivity contribution in [1.29, 1.82) is 0 Å². The second kappa shape index (κ2) is 6.55. The third-order valence-corrected chi connectivity index (χ3v) is 6.07. The predicted molar refractivity (Wildman–Crippen MR) is 97.4 cm³/mol. The standard InChI is InChI=1S/C19H26N4O3/c1-21-14-8-3-2-6-12(14)17-22(11-5-4-7-13(20)19(25)26)18(24)15-9-10-16(21)23(15)17/h2-3,6,8,13,15-17H,4-5,7,9-11,20H2,1H3,(H,25,26). The van der Waals surface area contributed by atoms with E-state index in [1.165, 1.54) is 11.3 Å². The van der Waals surface area contributed by atoms with Crippen molar-refractivity contribution < 1.29 is 14.7 Å². The fourth-order valence-electron chi connectivity index (χ4n) is 4.78. The highest BCUT2D eigenvalue weighted by molar-refractivity contribution is 5.86. The quantitative estimate of drug-likeness (QED) is 0.746. The Hall–Kier alpha value is -2.12. The second-order valence-corrected chi connectivity index (χ2v) is 7.54. The molecular formula is C19H26N4O3. The number of nitrogens with two attached hydrogens (primary N) is 1. The van der Waals surface area contributed by atoms with Crippen molar-refractivity contribution in [2.45, 2.75) is 56.5 Å². The summed E-state index contributed by atoms with van der Waals surface area (Å²) < 4.78 is 0. The van der Waals surface area contributed by atoms with Crippen molar-refractivity contribution in [2.75, 3.05) is 18.5 Å². The van der Waals surface area contributed by atoms with Crippen molar-refractivity contribution in [2.24, 2.45) is 5.73 Å².